The molecule has 1 amide bonds. The minimum atomic E-state index is -0.227. The summed E-state index contributed by atoms with van der Waals surface area (Å²) in [5.41, 5.74) is 2.19. The Labute approximate surface area is 131 Å². The molecule has 2 aromatic rings. The predicted molar refractivity (Wildman–Crippen MR) is 83.6 cm³/mol. The summed E-state index contributed by atoms with van der Waals surface area (Å²) in [6, 6.07) is 16.4. The Morgan fingerprint density at radius 1 is 1.24 bits per heavy atom. The molecule has 106 valence electrons. The van der Waals surface area contributed by atoms with Gasteiger partial charge in [0.25, 0.3) is 0 Å². The summed E-state index contributed by atoms with van der Waals surface area (Å²) in [7, 11) is 0. The molecule has 0 unspecified atom stereocenters. The van der Waals surface area contributed by atoms with E-state index >= 15 is 0 Å². The lowest BCUT2D eigenvalue weighted by atomic mass is 10.2. The van der Waals surface area contributed by atoms with Gasteiger partial charge in [-0.25, -0.2) is 0 Å². The number of nitrogens with zero attached hydrogens (tertiary/aromatic N) is 1. The lowest BCUT2D eigenvalue weighted by Crippen LogP contribution is -2.18. The minimum absolute atomic E-state index is 0.0213. The number of halogens is 1. The van der Waals surface area contributed by atoms with E-state index in [1.54, 1.807) is 24.3 Å². The van der Waals surface area contributed by atoms with Gasteiger partial charge in [0.05, 0.1) is 18.2 Å². The summed E-state index contributed by atoms with van der Waals surface area (Å²) in [6.45, 7) is 0.354. The molecule has 21 heavy (non-hydrogen) atoms. The Morgan fingerprint density at radius 3 is 2.67 bits per heavy atom. The number of anilines is 1. The van der Waals surface area contributed by atoms with Crippen molar-refractivity contribution in [2.75, 3.05) is 11.9 Å². The van der Waals surface area contributed by atoms with Gasteiger partial charge in [-0.3, -0.25) is 4.79 Å². The molecule has 0 atom stereocenters. The van der Waals surface area contributed by atoms with Gasteiger partial charge in [-0.2, -0.15) is 5.26 Å². The van der Waals surface area contributed by atoms with E-state index in [0.717, 1.165) is 10.0 Å². The van der Waals surface area contributed by atoms with Gasteiger partial charge in [0, 0.05) is 10.2 Å². The van der Waals surface area contributed by atoms with E-state index < -0.39 is 0 Å². The van der Waals surface area contributed by atoms with E-state index in [1.165, 1.54) is 0 Å². The van der Waals surface area contributed by atoms with Crippen molar-refractivity contribution >= 4 is 27.5 Å². The zero-order valence-electron chi connectivity index (χ0n) is 11.2. The van der Waals surface area contributed by atoms with Crippen molar-refractivity contribution in [3.63, 3.8) is 0 Å². The summed E-state index contributed by atoms with van der Waals surface area (Å²) in [4.78, 5) is 11.7. The maximum absolute atomic E-state index is 11.7. The van der Waals surface area contributed by atoms with Crippen LogP contribution in [0.3, 0.4) is 0 Å². The van der Waals surface area contributed by atoms with Crippen LogP contribution in [0.2, 0.25) is 0 Å². The third-order valence-corrected chi connectivity index (χ3v) is 3.18. The number of nitriles is 1. The van der Waals surface area contributed by atoms with Crippen molar-refractivity contribution in [3.05, 3.63) is 64.1 Å². The molecule has 0 radical (unpaired) electrons. The molecule has 0 spiro atoms. The lowest BCUT2D eigenvalue weighted by Gasteiger charge is -2.07. The molecule has 0 saturated heterocycles. The summed E-state index contributed by atoms with van der Waals surface area (Å²) in [5.74, 6) is -0.227. The van der Waals surface area contributed by atoms with Crippen LogP contribution in [0, 0.1) is 11.3 Å². The van der Waals surface area contributed by atoms with Crippen LogP contribution in [-0.2, 0) is 16.1 Å². The lowest BCUT2D eigenvalue weighted by molar-refractivity contribution is -0.121. The molecule has 2 rings (SSSR count). The number of ether oxygens (including phenoxy) is 1. The molecule has 0 aliphatic heterocycles. The SMILES string of the molecule is N#Cc1ccc(NC(=O)COCc2cccc(Br)c2)cc1. The topological polar surface area (TPSA) is 62.1 Å². The van der Waals surface area contributed by atoms with E-state index in [4.69, 9.17) is 10.00 Å². The van der Waals surface area contributed by atoms with Gasteiger partial charge in [-0.05, 0) is 42.0 Å². The van der Waals surface area contributed by atoms with Crippen LogP contribution >= 0.6 is 15.9 Å². The zero-order chi connectivity index (χ0) is 15.1. The van der Waals surface area contributed by atoms with Crippen LogP contribution in [0.5, 0.6) is 0 Å². The van der Waals surface area contributed by atoms with Crippen molar-refractivity contribution in [2.45, 2.75) is 6.61 Å². The first kappa shape index (κ1) is 15.2. The highest BCUT2D eigenvalue weighted by molar-refractivity contribution is 9.10. The Kier molecular flexibility index (Phi) is 5.50. The number of carbonyl (C=O) groups excluding carboxylic acids is 1. The van der Waals surface area contributed by atoms with Gasteiger partial charge in [-0.15, -0.1) is 0 Å². The van der Waals surface area contributed by atoms with Crippen LogP contribution in [0.4, 0.5) is 5.69 Å². The molecule has 0 aliphatic rings. The average molecular weight is 345 g/mol. The molecule has 0 aromatic heterocycles. The summed E-state index contributed by atoms with van der Waals surface area (Å²) in [5, 5.41) is 11.4. The molecule has 5 heteroatoms. The Hall–Kier alpha value is -2.16. The first-order chi connectivity index (χ1) is 10.2. The average Bonchev–Trinajstić information content (AvgIpc) is 2.48. The smallest absolute Gasteiger partial charge is 0.250 e. The number of rotatable bonds is 5. The molecular weight excluding hydrogens is 332 g/mol. The fraction of sp³-hybridized carbons (Fsp3) is 0.125. The van der Waals surface area contributed by atoms with Crippen LogP contribution in [0.25, 0.3) is 0 Å². The molecule has 2 aromatic carbocycles. The molecule has 4 nitrogen and oxygen atoms in total. The van der Waals surface area contributed by atoms with E-state index in [1.807, 2.05) is 30.3 Å². The highest BCUT2D eigenvalue weighted by Crippen LogP contribution is 2.12. The molecule has 0 bridgehead atoms. The minimum Gasteiger partial charge on any atom is -0.367 e. The third-order valence-electron chi connectivity index (χ3n) is 2.69. The second kappa shape index (κ2) is 7.58. The number of benzene rings is 2. The number of nitrogens with one attached hydrogen (secondary N) is 1. The van der Waals surface area contributed by atoms with Crippen LogP contribution in [0.1, 0.15) is 11.1 Å². The van der Waals surface area contributed by atoms with Gasteiger partial charge >= 0.3 is 0 Å². The van der Waals surface area contributed by atoms with Crippen molar-refractivity contribution in [1.29, 1.82) is 5.26 Å². The number of hydrogen-bond acceptors (Lipinski definition) is 3. The Morgan fingerprint density at radius 2 is 2.00 bits per heavy atom. The first-order valence-corrected chi connectivity index (χ1v) is 7.09. The molecule has 0 saturated carbocycles. The summed E-state index contributed by atoms with van der Waals surface area (Å²) < 4.78 is 6.35. The molecular formula is C16H13BrN2O2. The van der Waals surface area contributed by atoms with Crippen molar-refractivity contribution in [3.8, 4) is 6.07 Å². The van der Waals surface area contributed by atoms with Crippen molar-refractivity contribution in [1.82, 2.24) is 0 Å². The summed E-state index contributed by atoms with van der Waals surface area (Å²) in [6.07, 6.45) is 0. The van der Waals surface area contributed by atoms with Crippen molar-refractivity contribution in [2.24, 2.45) is 0 Å². The maximum Gasteiger partial charge on any atom is 0.250 e. The van der Waals surface area contributed by atoms with Gasteiger partial charge in [0.15, 0.2) is 0 Å². The largest absolute Gasteiger partial charge is 0.367 e. The van der Waals surface area contributed by atoms with Gasteiger partial charge in [0.2, 0.25) is 5.91 Å². The maximum atomic E-state index is 11.7. The third kappa shape index (κ3) is 5.03. The van der Waals surface area contributed by atoms with E-state index in [0.29, 0.717) is 17.9 Å². The molecule has 1 N–H and O–H groups in total. The molecule has 0 fully saturated rings. The standard InChI is InChI=1S/C16H13BrN2O2/c17-14-3-1-2-13(8-14)10-21-11-16(20)19-15-6-4-12(9-18)5-7-15/h1-8H,10-11H2,(H,19,20). The second-order valence-electron chi connectivity index (χ2n) is 4.36. The molecule has 0 heterocycles. The van der Waals surface area contributed by atoms with Gasteiger partial charge in [0.1, 0.15) is 6.61 Å². The quantitative estimate of drug-likeness (QED) is 0.903. The second-order valence-corrected chi connectivity index (χ2v) is 5.28. The number of amides is 1. The fourth-order valence-electron chi connectivity index (χ4n) is 1.71. The zero-order valence-corrected chi connectivity index (χ0v) is 12.8. The van der Waals surface area contributed by atoms with Crippen molar-refractivity contribution < 1.29 is 9.53 Å². The highest BCUT2D eigenvalue weighted by Gasteiger charge is 2.03. The number of hydrogen-bond donors (Lipinski definition) is 1. The van der Waals surface area contributed by atoms with E-state index in [2.05, 4.69) is 21.2 Å². The van der Waals surface area contributed by atoms with Crippen LogP contribution < -0.4 is 5.32 Å². The predicted octanol–water partition coefficient (Wildman–Crippen LogP) is 3.48. The first-order valence-electron chi connectivity index (χ1n) is 6.29. The molecule has 0 aliphatic carbocycles. The Bertz CT molecular complexity index is 663. The van der Waals surface area contributed by atoms with E-state index in [-0.39, 0.29) is 12.5 Å². The fourth-order valence-corrected chi connectivity index (χ4v) is 2.16. The van der Waals surface area contributed by atoms with Crippen LogP contribution in [-0.4, -0.2) is 12.5 Å². The van der Waals surface area contributed by atoms with Gasteiger partial charge in [-0.1, -0.05) is 28.1 Å². The number of carbonyl (C=O) groups is 1. The Balaban J connectivity index is 1.78. The van der Waals surface area contributed by atoms with E-state index in [9.17, 15) is 4.79 Å². The van der Waals surface area contributed by atoms with Crippen LogP contribution in [0.15, 0.2) is 53.0 Å². The summed E-state index contributed by atoms with van der Waals surface area (Å²) >= 11 is 3.38. The monoisotopic (exact) mass is 344 g/mol. The normalized spacial score (nSPS) is 9.90. The highest BCUT2D eigenvalue weighted by atomic mass is 79.9. The van der Waals surface area contributed by atoms with Gasteiger partial charge < -0.3 is 10.1 Å².